The van der Waals surface area contributed by atoms with E-state index in [1.165, 1.54) is 16.9 Å². The molecule has 0 saturated heterocycles. The Balaban J connectivity index is 1.71. The molecule has 0 aliphatic heterocycles. The van der Waals surface area contributed by atoms with Crippen LogP contribution in [0.4, 0.5) is 0 Å². The van der Waals surface area contributed by atoms with Crippen molar-refractivity contribution in [1.29, 1.82) is 0 Å². The van der Waals surface area contributed by atoms with Crippen LogP contribution in [-0.4, -0.2) is 15.0 Å². The topological polar surface area (TPSA) is 64.7 Å². The van der Waals surface area contributed by atoms with Crippen LogP contribution in [0.1, 0.15) is 23.0 Å². The first kappa shape index (κ1) is 12.2. The molecule has 0 fully saturated rings. The zero-order valence-corrected chi connectivity index (χ0v) is 11.2. The van der Waals surface area contributed by atoms with Gasteiger partial charge in [0.05, 0.1) is 6.04 Å². The Morgan fingerprint density at radius 3 is 2.68 bits per heavy atom. The fourth-order valence-electron chi connectivity index (χ4n) is 1.94. The smallest absolute Gasteiger partial charge is 0.189 e. The lowest BCUT2D eigenvalue weighted by Crippen LogP contribution is -2.10. The summed E-state index contributed by atoms with van der Waals surface area (Å²) in [6, 6.07) is 10.3. The van der Waals surface area contributed by atoms with Crippen LogP contribution < -0.4 is 5.73 Å². The molecule has 0 bridgehead atoms. The molecule has 2 N–H and O–H groups in total. The van der Waals surface area contributed by atoms with Crippen LogP contribution in [-0.2, 0) is 6.42 Å². The Bertz CT molecular complexity index is 632. The van der Waals surface area contributed by atoms with E-state index in [4.69, 9.17) is 5.73 Å². The molecule has 1 unspecified atom stereocenters. The van der Waals surface area contributed by atoms with E-state index in [0.717, 1.165) is 22.7 Å². The van der Waals surface area contributed by atoms with E-state index in [9.17, 15) is 0 Å². The second-order valence-electron chi connectivity index (χ2n) is 4.37. The monoisotopic (exact) mass is 270 g/mol. The van der Waals surface area contributed by atoms with Crippen molar-refractivity contribution in [3.05, 3.63) is 53.3 Å². The van der Waals surface area contributed by atoms with E-state index in [1.54, 1.807) is 12.4 Å². The fraction of sp³-hybridized carbons (Fsp3) is 0.214. The molecule has 4 nitrogen and oxygen atoms in total. The molecular formula is C14H14N4S. The van der Waals surface area contributed by atoms with Crippen molar-refractivity contribution in [2.24, 2.45) is 5.73 Å². The third-order valence-electron chi connectivity index (χ3n) is 2.97. The minimum absolute atomic E-state index is 0.0544. The maximum atomic E-state index is 6.20. The van der Waals surface area contributed by atoms with Crippen LogP contribution in [0.2, 0.25) is 0 Å². The maximum absolute atomic E-state index is 6.20. The van der Waals surface area contributed by atoms with Crippen LogP contribution >= 0.6 is 11.3 Å². The second kappa shape index (κ2) is 5.42. The molecule has 0 spiro atoms. The summed E-state index contributed by atoms with van der Waals surface area (Å²) in [6.07, 6.45) is 5.17. The Morgan fingerprint density at radius 1 is 1.11 bits per heavy atom. The molecule has 0 aliphatic rings. The van der Waals surface area contributed by atoms with Crippen molar-refractivity contribution >= 4 is 21.8 Å². The lowest BCUT2D eigenvalue weighted by molar-refractivity contribution is 0.648. The number of rotatable bonds is 4. The average Bonchev–Trinajstić information content (AvgIpc) is 2.90. The Morgan fingerprint density at radius 2 is 1.89 bits per heavy atom. The van der Waals surface area contributed by atoms with Gasteiger partial charge in [-0.3, -0.25) is 0 Å². The Kier molecular flexibility index (Phi) is 3.48. The molecular weight excluding hydrogens is 256 g/mol. The zero-order valence-electron chi connectivity index (χ0n) is 10.4. The van der Waals surface area contributed by atoms with E-state index >= 15 is 0 Å². The summed E-state index contributed by atoms with van der Waals surface area (Å²) in [4.78, 5) is 13.7. The highest BCUT2D eigenvalue weighted by Gasteiger charge is 2.13. The van der Waals surface area contributed by atoms with Crippen LogP contribution in [0.25, 0.3) is 10.5 Å². The van der Waals surface area contributed by atoms with Gasteiger partial charge in [0.1, 0.15) is 5.01 Å². The van der Waals surface area contributed by atoms with E-state index in [1.807, 2.05) is 18.2 Å². The number of fused-ring (bicyclic) bond motifs is 1. The van der Waals surface area contributed by atoms with Crippen LogP contribution in [0.15, 0.2) is 42.7 Å². The number of hydrogen-bond acceptors (Lipinski definition) is 5. The number of nitrogens with two attached hydrogens (primary N) is 1. The molecule has 5 heteroatoms. The van der Waals surface area contributed by atoms with Gasteiger partial charge in [-0.25, -0.2) is 15.0 Å². The van der Waals surface area contributed by atoms with Crippen LogP contribution in [0, 0.1) is 0 Å². The maximum Gasteiger partial charge on any atom is 0.189 e. The molecule has 0 amide bonds. The van der Waals surface area contributed by atoms with E-state index < -0.39 is 0 Å². The quantitative estimate of drug-likeness (QED) is 0.791. The molecule has 0 saturated carbocycles. The van der Waals surface area contributed by atoms with Gasteiger partial charge < -0.3 is 5.73 Å². The zero-order chi connectivity index (χ0) is 13.1. The van der Waals surface area contributed by atoms with E-state index in [0.29, 0.717) is 5.65 Å². The molecule has 1 aromatic carbocycles. The van der Waals surface area contributed by atoms with E-state index in [-0.39, 0.29) is 6.04 Å². The molecule has 0 aliphatic carbocycles. The standard InChI is InChI=1S/C14H14N4S/c15-11(7-6-10-4-2-1-3-5-10)13-18-12-14(19-13)17-9-8-16-12/h1-5,8-9,11H,6-7,15H2. The predicted octanol–water partition coefficient (Wildman–Crippen LogP) is 2.72. The van der Waals surface area contributed by atoms with Gasteiger partial charge in [0, 0.05) is 12.4 Å². The van der Waals surface area contributed by atoms with Gasteiger partial charge in [0.15, 0.2) is 10.5 Å². The predicted molar refractivity (Wildman–Crippen MR) is 76.9 cm³/mol. The number of aromatic nitrogens is 3. The number of aryl methyl sites for hydroxylation is 1. The van der Waals surface area contributed by atoms with Crippen molar-refractivity contribution in [3.8, 4) is 0 Å². The molecule has 96 valence electrons. The molecule has 3 rings (SSSR count). The molecule has 3 aromatic rings. The van der Waals surface area contributed by atoms with Crippen molar-refractivity contribution < 1.29 is 0 Å². The molecule has 2 aromatic heterocycles. The highest BCUT2D eigenvalue weighted by molar-refractivity contribution is 7.18. The normalized spacial score (nSPS) is 12.7. The summed E-state index contributed by atoms with van der Waals surface area (Å²) in [5.41, 5.74) is 8.19. The Labute approximate surface area is 115 Å². The third-order valence-corrected chi connectivity index (χ3v) is 4.05. The fourth-order valence-corrected chi connectivity index (χ4v) is 2.84. The highest BCUT2D eigenvalue weighted by Crippen LogP contribution is 2.24. The summed E-state index contributed by atoms with van der Waals surface area (Å²) in [6.45, 7) is 0. The first-order valence-electron chi connectivity index (χ1n) is 6.20. The van der Waals surface area contributed by atoms with Gasteiger partial charge in [-0.05, 0) is 18.4 Å². The van der Waals surface area contributed by atoms with Crippen LogP contribution in [0.3, 0.4) is 0 Å². The minimum Gasteiger partial charge on any atom is -0.322 e. The SMILES string of the molecule is NC(CCc1ccccc1)c1nc2nccnc2s1. The lowest BCUT2D eigenvalue weighted by atomic mass is 10.1. The van der Waals surface area contributed by atoms with Gasteiger partial charge in [0.2, 0.25) is 0 Å². The van der Waals surface area contributed by atoms with Gasteiger partial charge in [0.25, 0.3) is 0 Å². The summed E-state index contributed by atoms with van der Waals surface area (Å²) in [5, 5.41) is 0.914. The van der Waals surface area contributed by atoms with Gasteiger partial charge in [-0.2, -0.15) is 0 Å². The van der Waals surface area contributed by atoms with E-state index in [2.05, 4.69) is 27.1 Å². The Hall–Kier alpha value is -1.85. The third kappa shape index (κ3) is 2.77. The summed E-state index contributed by atoms with van der Waals surface area (Å²) in [7, 11) is 0. The lowest BCUT2D eigenvalue weighted by Gasteiger charge is -2.07. The first-order chi connectivity index (χ1) is 9.33. The highest BCUT2D eigenvalue weighted by atomic mass is 32.1. The largest absolute Gasteiger partial charge is 0.322 e. The minimum atomic E-state index is -0.0544. The first-order valence-corrected chi connectivity index (χ1v) is 7.01. The van der Waals surface area contributed by atoms with Gasteiger partial charge in [-0.15, -0.1) is 0 Å². The second-order valence-corrected chi connectivity index (χ2v) is 5.38. The summed E-state index contributed by atoms with van der Waals surface area (Å²) in [5.74, 6) is 0. The molecule has 0 radical (unpaired) electrons. The van der Waals surface area contributed by atoms with Gasteiger partial charge >= 0.3 is 0 Å². The van der Waals surface area contributed by atoms with Crippen molar-refractivity contribution in [2.45, 2.75) is 18.9 Å². The van der Waals surface area contributed by atoms with Gasteiger partial charge in [-0.1, -0.05) is 41.7 Å². The van der Waals surface area contributed by atoms with Crippen LogP contribution in [0.5, 0.6) is 0 Å². The van der Waals surface area contributed by atoms with Crippen molar-refractivity contribution in [3.63, 3.8) is 0 Å². The summed E-state index contributed by atoms with van der Waals surface area (Å²) < 4.78 is 0. The van der Waals surface area contributed by atoms with Crippen molar-refractivity contribution in [2.75, 3.05) is 0 Å². The molecule has 1 atom stereocenters. The number of hydrogen-bond donors (Lipinski definition) is 1. The number of benzene rings is 1. The average molecular weight is 270 g/mol. The van der Waals surface area contributed by atoms with Crippen molar-refractivity contribution in [1.82, 2.24) is 15.0 Å². The summed E-state index contributed by atoms with van der Waals surface area (Å²) >= 11 is 1.53. The number of nitrogens with zero attached hydrogens (tertiary/aromatic N) is 3. The molecule has 2 heterocycles. The molecule has 19 heavy (non-hydrogen) atoms. The number of thiazole rings is 1.